The van der Waals surface area contributed by atoms with Crippen LogP contribution in [0.1, 0.15) is 40.0 Å². The molecule has 2 fully saturated rings. The van der Waals surface area contributed by atoms with Gasteiger partial charge in [0.2, 0.25) is 11.9 Å². The standard InChI is InChI=1S/C20H33N5O5/c1-20(2,3)14-16(17(26)22-7-6-21)23-18(25-8-12-29-13-9-25)24-19(27)30-15-4-10-28-11-5-15/h15-16H,4-5,7-14H2,1-3H3,(H,22,26)(H,23,24,27). The van der Waals surface area contributed by atoms with Gasteiger partial charge in [-0.1, -0.05) is 20.8 Å². The zero-order chi connectivity index (χ0) is 22.0. The average Bonchev–Trinajstić information content (AvgIpc) is 2.71. The smallest absolute Gasteiger partial charge is 0.414 e. The molecule has 2 N–H and O–H groups in total. The van der Waals surface area contributed by atoms with Crippen LogP contribution in [-0.4, -0.2) is 81.1 Å². The summed E-state index contributed by atoms with van der Waals surface area (Å²) in [6.07, 6.45) is 0.962. The Kier molecular flexibility index (Phi) is 9.33. The first kappa shape index (κ1) is 23.9. The number of amides is 2. The second-order valence-corrected chi connectivity index (χ2v) is 8.55. The van der Waals surface area contributed by atoms with E-state index in [1.165, 1.54) is 0 Å². The third kappa shape index (κ3) is 8.55. The average molecular weight is 424 g/mol. The summed E-state index contributed by atoms with van der Waals surface area (Å²) in [5.74, 6) is -0.0615. The molecule has 2 saturated heterocycles. The molecular formula is C20H33N5O5. The highest BCUT2D eigenvalue weighted by molar-refractivity contribution is 5.96. The lowest BCUT2D eigenvalue weighted by atomic mass is 9.88. The van der Waals surface area contributed by atoms with E-state index >= 15 is 0 Å². The van der Waals surface area contributed by atoms with E-state index in [0.717, 1.165) is 0 Å². The molecule has 168 valence electrons. The largest absolute Gasteiger partial charge is 0.446 e. The van der Waals surface area contributed by atoms with Gasteiger partial charge in [0, 0.05) is 25.9 Å². The number of nitriles is 1. The Morgan fingerprint density at radius 2 is 1.83 bits per heavy atom. The number of rotatable bonds is 5. The van der Waals surface area contributed by atoms with Crippen LogP contribution in [0.3, 0.4) is 0 Å². The van der Waals surface area contributed by atoms with Crippen LogP contribution in [0.5, 0.6) is 0 Å². The van der Waals surface area contributed by atoms with Crippen molar-refractivity contribution in [2.24, 2.45) is 10.4 Å². The Morgan fingerprint density at radius 1 is 1.20 bits per heavy atom. The Balaban J connectivity index is 2.17. The third-order valence-electron chi connectivity index (χ3n) is 4.69. The molecule has 2 amide bonds. The SMILES string of the molecule is CC(C)(C)CC(N=C(NC(=O)OC1CCOCC1)N1CCOCC1)C(=O)NCC#N. The predicted molar refractivity (Wildman–Crippen MR) is 110 cm³/mol. The Labute approximate surface area is 177 Å². The van der Waals surface area contributed by atoms with Crippen molar-refractivity contribution in [3.8, 4) is 6.07 Å². The highest BCUT2D eigenvalue weighted by Gasteiger charge is 2.28. The molecule has 2 heterocycles. The molecule has 2 rings (SSSR count). The van der Waals surface area contributed by atoms with Crippen LogP contribution in [0.15, 0.2) is 4.99 Å². The van der Waals surface area contributed by atoms with Crippen molar-refractivity contribution < 1.29 is 23.8 Å². The molecular weight excluding hydrogens is 390 g/mol. The van der Waals surface area contributed by atoms with E-state index in [-0.39, 0.29) is 29.9 Å². The number of nitrogens with zero attached hydrogens (tertiary/aromatic N) is 3. The quantitative estimate of drug-likeness (QED) is 0.384. The molecule has 0 radical (unpaired) electrons. The maximum atomic E-state index is 12.6. The topological polar surface area (TPSA) is 125 Å². The maximum Gasteiger partial charge on any atom is 0.414 e. The van der Waals surface area contributed by atoms with E-state index in [1.54, 1.807) is 0 Å². The van der Waals surface area contributed by atoms with Crippen LogP contribution in [0, 0.1) is 16.7 Å². The van der Waals surface area contributed by atoms with Gasteiger partial charge in [0.15, 0.2) is 0 Å². The molecule has 2 aliphatic rings. The summed E-state index contributed by atoms with van der Waals surface area (Å²) >= 11 is 0. The van der Waals surface area contributed by atoms with Gasteiger partial charge in [-0.15, -0.1) is 0 Å². The normalized spacial score (nSPS) is 19.5. The molecule has 1 unspecified atom stereocenters. The van der Waals surface area contributed by atoms with Crippen LogP contribution in [0.4, 0.5) is 4.79 Å². The van der Waals surface area contributed by atoms with Gasteiger partial charge < -0.3 is 24.4 Å². The molecule has 0 aromatic heterocycles. The number of aliphatic imine (C=N–C) groups is 1. The minimum absolute atomic E-state index is 0.0961. The number of nitrogens with one attached hydrogen (secondary N) is 2. The zero-order valence-electron chi connectivity index (χ0n) is 18.1. The number of guanidine groups is 1. The molecule has 10 nitrogen and oxygen atoms in total. The molecule has 10 heteroatoms. The number of carbonyl (C=O) groups excluding carboxylic acids is 2. The number of morpholine rings is 1. The van der Waals surface area contributed by atoms with Crippen molar-refractivity contribution in [3.63, 3.8) is 0 Å². The summed E-state index contributed by atoms with van der Waals surface area (Å²) in [5.41, 5.74) is -0.184. The van der Waals surface area contributed by atoms with Crippen molar-refractivity contribution in [1.29, 1.82) is 5.26 Å². The Hall–Kier alpha value is -2.38. The summed E-state index contributed by atoms with van der Waals surface area (Å²) < 4.78 is 16.2. The third-order valence-corrected chi connectivity index (χ3v) is 4.69. The number of ether oxygens (including phenoxy) is 3. The van der Waals surface area contributed by atoms with E-state index in [4.69, 9.17) is 19.5 Å². The van der Waals surface area contributed by atoms with Gasteiger partial charge in [-0.05, 0) is 11.8 Å². The van der Waals surface area contributed by atoms with E-state index in [2.05, 4.69) is 15.6 Å². The molecule has 0 bridgehead atoms. The molecule has 0 aliphatic carbocycles. The molecule has 0 aromatic rings. The van der Waals surface area contributed by atoms with Gasteiger partial charge in [0.1, 0.15) is 18.7 Å². The van der Waals surface area contributed by atoms with E-state index in [9.17, 15) is 9.59 Å². The number of hydrogen-bond donors (Lipinski definition) is 2. The fourth-order valence-electron chi connectivity index (χ4n) is 3.20. The second kappa shape index (κ2) is 11.7. The van der Waals surface area contributed by atoms with E-state index < -0.39 is 12.1 Å². The molecule has 0 aromatic carbocycles. The van der Waals surface area contributed by atoms with Crippen LogP contribution in [-0.2, 0) is 19.0 Å². The minimum atomic E-state index is -0.750. The lowest BCUT2D eigenvalue weighted by molar-refractivity contribution is -0.122. The van der Waals surface area contributed by atoms with Crippen LogP contribution in [0.25, 0.3) is 0 Å². The summed E-state index contributed by atoms with van der Waals surface area (Å²) in [6, 6.07) is 1.15. The minimum Gasteiger partial charge on any atom is -0.446 e. The maximum absolute atomic E-state index is 12.6. The number of hydrogen-bond acceptors (Lipinski definition) is 7. The number of alkyl carbamates (subject to hydrolysis) is 1. The Morgan fingerprint density at radius 3 is 2.43 bits per heavy atom. The fourth-order valence-corrected chi connectivity index (χ4v) is 3.20. The lowest BCUT2D eigenvalue weighted by Gasteiger charge is -2.31. The first-order chi connectivity index (χ1) is 14.3. The van der Waals surface area contributed by atoms with E-state index in [1.807, 2.05) is 31.7 Å². The highest BCUT2D eigenvalue weighted by Crippen LogP contribution is 2.23. The van der Waals surface area contributed by atoms with Gasteiger partial charge in [-0.3, -0.25) is 10.1 Å². The van der Waals surface area contributed by atoms with Crippen molar-refractivity contribution in [3.05, 3.63) is 0 Å². The number of carbonyl (C=O) groups is 2. The molecule has 2 aliphatic heterocycles. The monoisotopic (exact) mass is 423 g/mol. The lowest BCUT2D eigenvalue weighted by Crippen LogP contribution is -2.51. The molecule has 30 heavy (non-hydrogen) atoms. The summed E-state index contributed by atoms with van der Waals surface area (Å²) in [7, 11) is 0. The van der Waals surface area contributed by atoms with Crippen LogP contribution < -0.4 is 10.6 Å². The fraction of sp³-hybridized carbons (Fsp3) is 0.800. The summed E-state index contributed by atoms with van der Waals surface area (Å²) in [5, 5.41) is 14.1. The van der Waals surface area contributed by atoms with Crippen molar-refractivity contribution >= 4 is 18.0 Å². The first-order valence-corrected chi connectivity index (χ1v) is 10.4. The predicted octanol–water partition coefficient (Wildman–Crippen LogP) is 1.02. The van der Waals surface area contributed by atoms with Gasteiger partial charge in [0.05, 0.1) is 32.5 Å². The van der Waals surface area contributed by atoms with Gasteiger partial charge in [-0.2, -0.15) is 5.26 Å². The van der Waals surface area contributed by atoms with Gasteiger partial charge >= 0.3 is 6.09 Å². The van der Waals surface area contributed by atoms with E-state index in [0.29, 0.717) is 58.8 Å². The Bertz CT molecular complexity index is 643. The first-order valence-electron chi connectivity index (χ1n) is 10.4. The van der Waals surface area contributed by atoms with Crippen LogP contribution >= 0.6 is 0 Å². The molecule has 0 saturated carbocycles. The van der Waals surface area contributed by atoms with Crippen LogP contribution in [0.2, 0.25) is 0 Å². The summed E-state index contributed by atoms with van der Waals surface area (Å²) in [6.45, 7) is 9.14. The highest BCUT2D eigenvalue weighted by atomic mass is 16.6. The second-order valence-electron chi connectivity index (χ2n) is 8.55. The molecule has 1 atom stereocenters. The van der Waals surface area contributed by atoms with Gasteiger partial charge in [0.25, 0.3) is 0 Å². The van der Waals surface area contributed by atoms with Crippen molar-refractivity contribution in [1.82, 2.24) is 15.5 Å². The van der Waals surface area contributed by atoms with Crippen molar-refractivity contribution in [2.75, 3.05) is 46.1 Å². The molecule has 0 spiro atoms. The van der Waals surface area contributed by atoms with Gasteiger partial charge in [-0.25, -0.2) is 9.79 Å². The summed E-state index contributed by atoms with van der Waals surface area (Å²) in [4.78, 5) is 31.6. The zero-order valence-corrected chi connectivity index (χ0v) is 18.1. The van der Waals surface area contributed by atoms with Crippen molar-refractivity contribution in [2.45, 2.75) is 52.2 Å².